The summed E-state index contributed by atoms with van der Waals surface area (Å²) < 4.78 is 0. The molecule has 2 bridgehead atoms. The highest BCUT2D eigenvalue weighted by Crippen LogP contribution is 2.51. The minimum atomic E-state index is 0.485. The number of benzene rings is 1. The molecule has 0 amide bonds. The number of fused-ring (bicyclic) bond motifs is 5. The van der Waals surface area contributed by atoms with Gasteiger partial charge >= 0.3 is 0 Å². The zero-order valence-corrected chi connectivity index (χ0v) is 9.16. The maximum atomic E-state index is 4.49. The summed E-state index contributed by atoms with van der Waals surface area (Å²) in [6.45, 7) is 0. The van der Waals surface area contributed by atoms with E-state index in [4.69, 9.17) is 0 Å². The van der Waals surface area contributed by atoms with Crippen LogP contribution in [0.25, 0.3) is 0 Å². The van der Waals surface area contributed by atoms with Gasteiger partial charge in [0.2, 0.25) is 0 Å². The third-order valence-electron chi connectivity index (χ3n) is 4.41. The van der Waals surface area contributed by atoms with Crippen LogP contribution in [0.15, 0.2) is 40.7 Å². The van der Waals surface area contributed by atoms with Gasteiger partial charge in [0, 0.05) is 0 Å². The first-order valence-corrected chi connectivity index (χ1v) is 6.18. The van der Waals surface area contributed by atoms with E-state index in [0.717, 1.165) is 11.8 Å². The molecule has 0 saturated heterocycles. The number of nitrogens with zero attached hydrogens (tertiary/aromatic N) is 3. The molecule has 2 saturated carbocycles. The maximum absolute atomic E-state index is 4.49. The Bertz CT molecular complexity index is 428. The average Bonchev–Trinajstić information content (AvgIpc) is 3.03. The number of hydrogen-bond donors (Lipinski definition) is 0. The standard InChI is InChI=1S/C13H15N3/c1-2-4-11(5-3-1)16-13-10-7-6-9(8-10)12(13)14-15-16/h1-5,9-10,12-13H,6-8H2/t9-,10-,12-,13-/m0/s1. The summed E-state index contributed by atoms with van der Waals surface area (Å²) in [5.74, 6) is 1.64. The van der Waals surface area contributed by atoms with Crippen LogP contribution in [0.5, 0.6) is 0 Å². The van der Waals surface area contributed by atoms with Crippen LogP contribution in [0.4, 0.5) is 5.69 Å². The van der Waals surface area contributed by atoms with Crippen molar-refractivity contribution in [3.05, 3.63) is 30.3 Å². The van der Waals surface area contributed by atoms with E-state index in [9.17, 15) is 0 Å². The van der Waals surface area contributed by atoms with Gasteiger partial charge in [-0.15, -0.1) is 0 Å². The number of hydrogen-bond acceptors (Lipinski definition) is 3. The van der Waals surface area contributed by atoms with Gasteiger partial charge in [0.15, 0.2) is 0 Å². The Morgan fingerprint density at radius 2 is 1.88 bits per heavy atom. The highest BCUT2D eigenvalue weighted by atomic mass is 15.6. The fourth-order valence-electron chi connectivity index (χ4n) is 3.72. The first-order valence-electron chi connectivity index (χ1n) is 6.18. The molecule has 0 aromatic heterocycles. The molecule has 0 spiro atoms. The molecule has 4 rings (SSSR count). The van der Waals surface area contributed by atoms with Crippen LogP contribution in [0.1, 0.15) is 19.3 Å². The summed E-state index contributed by atoms with van der Waals surface area (Å²) in [5.41, 5.74) is 1.20. The quantitative estimate of drug-likeness (QED) is 0.704. The Balaban J connectivity index is 1.70. The van der Waals surface area contributed by atoms with E-state index >= 15 is 0 Å². The minimum absolute atomic E-state index is 0.485. The number of rotatable bonds is 1. The molecule has 4 atom stereocenters. The van der Waals surface area contributed by atoms with Crippen LogP contribution in [-0.2, 0) is 0 Å². The van der Waals surface area contributed by atoms with Crippen LogP contribution in [0.3, 0.4) is 0 Å². The number of para-hydroxylation sites is 1. The molecule has 0 unspecified atom stereocenters. The van der Waals surface area contributed by atoms with E-state index < -0.39 is 0 Å². The van der Waals surface area contributed by atoms with Gasteiger partial charge in [0.25, 0.3) is 0 Å². The molecule has 3 aliphatic rings. The molecule has 2 fully saturated rings. The fraction of sp³-hybridized carbons (Fsp3) is 0.538. The Labute approximate surface area is 95.1 Å². The normalized spacial score (nSPS) is 39.4. The molecule has 0 radical (unpaired) electrons. The second-order valence-corrected chi connectivity index (χ2v) is 5.20. The van der Waals surface area contributed by atoms with Crippen molar-refractivity contribution in [3.8, 4) is 0 Å². The van der Waals surface area contributed by atoms with Crippen molar-refractivity contribution in [2.24, 2.45) is 22.2 Å². The third-order valence-corrected chi connectivity index (χ3v) is 4.41. The molecule has 1 aliphatic heterocycles. The summed E-state index contributed by atoms with van der Waals surface area (Å²) in [4.78, 5) is 0. The summed E-state index contributed by atoms with van der Waals surface area (Å²) in [5, 5.41) is 11.0. The smallest absolute Gasteiger partial charge is 0.0985 e. The molecular formula is C13H15N3. The molecule has 2 aliphatic carbocycles. The van der Waals surface area contributed by atoms with Crippen molar-refractivity contribution in [1.82, 2.24) is 0 Å². The molecule has 0 N–H and O–H groups in total. The molecule has 82 valence electrons. The van der Waals surface area contributed by atoms with E-state index in [1.54, 1.807) is 0 Å². The zero-order valence-electron chi connectivity index (χ0n) is 9.16. The SMILES string of the molecule is c1ccc(N2N=N[C@H]3[C@H]4CC[C@@H](C4)[C@@H]32)cc1. The third kappa shape index (κ3) is 1.03. The van der Waals surface area contributed by atoms with Gasteiger partial charge < -0.3 is 0 Å². The van der Waals surface area contributed by atoms with Crippen LogP contribution in [0.2, 0.25) is 0 Å². The Morgan fingerprint density at radius 1 is 1.06 bits per heavy atom. The van der Waals surface area contributed by atoms with Gasteiger partial charge in [-0.3, -0.25) is 0 Å². The van der Waals surface area contributed by atoms with Crippen LogP contribution in [-0.4, -0.2) is 12.1 Å². The Morgan fingerprint density at radius 3 is 2.75 bits per heavy atom. The molecule has 16 heavy (non-hydrogen) atoms. The van der Waals surface area contributed by atoms with Crippen molar-refractivity contribution in [3.63, 3.8) is 0 Å². The lowest BCUT2D eigenvalue weighted by molar-refractivity contribution is 0.383. The second-order valence-electron chi connectivity index (χ2n) is 5.20. The fourth-order valence-corrected chi connectivity index (χ4v) is 3.72. The summed E-state index contributed by atoms with van der Waals surface area (Å²) >= 11 is 0. The molecular weight excluding hydrogens is 198 g/mol. The Kier molecular flexibility index (Phi) is 1.67. The first kappa shape index (κ1) is 8.74. The summed E-state index contributed by atoms with van der Waals surface area (Å²) in [7, 11) is 0. The molecule has 3 nitrogen and oxygen atoms in total. The average molecular weight is 213 g/mol. The highest BCUT2D eigenvalue weighted by molar-refractivity contribution is 5.48. The van der Waals surface area contributed by atoms with Gasteiger partial charge in [-0.05, 0) is 43.2 Å². The predicted molar refractivity (Wildman–Crippen MR) is 62.2 cm³/mol. The Hall–Kier alpha value is -1.38. The highest BCUT2D eigenvalue weighted by Gasteiger charge is 2.53. The largest absolute Gasteiger partial charge is 0.242 e. The molecule has 1 heterocycles. The van der Waals surface area contributed by atoms with Crippen molar-refractivity contribution < 1.29 is 0 Å². The summed E-state index contributed by atoms with van der Waals surface area (Å²) in [6.07, 6.45) is 4.12. The van der Waals surface area contributed by atoms with Crippen molar-refractivity contribution >= 4 is 5.69 Å². The van der Waals surface area contributed by atoms with E-state index in [1.165, 1.54) is 24.9 Å². The lowest BCUT2D eigenvalue weighted by Gasteiger charge is -2.28. The van der Waals surface area contributed by atoms with Gasteiger partial charge in [-0.2, -0.15) is 5.11 Å². The zero-order chi connectivity index (χ0) is 10.5. The molecule has 1 aromatic rings. The van der Waals surface area contributed by atoms with Crippen molar-refractivity contribution in [1.29, 1.82) is 0 Å². The van der Waals surface area contributed by atoms with Crippen molar-refractivity contribution in [2.45, 2.75) is 31.3 Å². The number of anilines is 1. The van der Waals surface area contributed by atoms with E-state index in [1.807, 2.05) is 0 Å². The van der Waals surface area contributed by atoms with Gasteiger partial charge in [0.05, 0.1) is 17.8 Å². The van der Waals surface area contributed by atoms with E-state index in [-0.39, 0.29) is 0 Å². The van der Waals surface area contributed by atoms with E-state index in [0.29, 0.717) is 12.1 Å². The lowest BCUT2D eigenvalue weighted by atomic mass is 9.91. The minimum Gasteiger partial charge on any atom is -0.242 e. The summed E-state index contributed by atoms with van der Waals surface area (Å²) in [6, 6.07) is 11.5. The lowest BCUT2D eigenvalue weighted by Crippen LogP contribution is -2.39. The topological polar surface area (TPSA) is 28.0 Å². The molecule has 3 heteroatoms. The van der Waals surface area contributed by atoms with Gasteiger partial charge in [-0.1, -0.05) is 23.4 Å². The monoisotopic (exact) mass is 213 g/mol. The van der Waals surface area contributed by atoms with Crippen LogP contribution >= 0.6 is 0 Å². The van der Waals surface area contributed by atoms with Gasteiger partial charge in [0.1, 0.15) is 0 Å². The van der Waals surface area contributed by atoms with Gasteiger partial charge in [-0.25, -0.2) is 5.01 Å². The predicted octanol–water partition coefficient (Wildman–Crippen LogP) is 3.04. The first-order chi connectivity index (χ1) is 7.93. The second kappa shape index (κ2) is 3.06. The van der Waals surface area contributed by atoms with Crippen LogP contribution in [0, 0.1) is 11.8 Å². The van der Waals surface area contributed by atoms with Crippen molar-refractivity contribution in [2.75, 3.05) is 5.01 Å². The van der Waals surface area contributed by atoms with Crippen LogP contribution < -0.4 is 5.01 Å². The molecule has 1 aromatic carbocycles. The van der Waals surface area contributed by atoms with E-state index in [2.05, 4.69) is 45.7 Å². The maximum Gasteiger partial charge on any atom is 0.0985 e.